The van der Waals surface area contributed by atoms with E-state index in [-0.39, 0.29) is 10.6 Å². The van der Waals surface area contributed by atoms with Crippen LogP contribution in [0, 0.1) is 21.4 Å². The minimum atomic E-state index is -4.30. The molecule has 0 saturated carbocycles. The predicted octanol–water partition coefficient (Wildman–Crippen LogP) is 4.09. The van der Waals surface area contributed by atoms with E-state index in [0.717, 1.165) is 28.6 Å². The number of non-ortho nitro benzene ring substituents is 1. The van der Waals surface area contributed by atoms with E-state index in [1.54, 1.807) is 48.5 Å². The number of sulfonamides is 1. The number of nitriles is 1. The number of carbonyl (C=O) groups excluding carboxylic acids is 1. The summed E-state index contributed by atoms with van der Waals surface area (Å²) in [7, 11) is -4.30. The fraction of sp³-hybridized carbons (Fsp3) is 0.167. The van der Waals surface area contributed by atoms with Gasteiger partial charge in [-0.05, 0) is 41.8 Å². The molecule has 1 heterocycles. The van der Waals surface area contributed by atoms with Crippen molar-refractivity contribution in [2.45, 2.75) is 29.7 Å². The average molecular weight is 461 g/mol. The molecule has 1 aliphatic rings. The first-order valence-electron chi connectivity index (χ1n) is 10.2. The maximum absolute atomic E-state index is 13.6. The maximum atomic E-state index is 13.6. The topological polar surface area (TPSA) is 121 Å². The van der Waals surface area contributed by atoms with Gasteiger partial charge in [0.25, 0.3) is 15.7 Å². The number of rotatable bonds is 6. The molecule has 1 aliphatic heterocycles. The summed E-state index contributed by atoms with van der Waals surface area (Å²) < 4.78 is 27.9. The highest BCUT2D eigenvalue weighted by molar-refractivity contribution is 7.89. The molecule has 4 rings (SSSR count). The monoisotopic (exact) mass is 461 g/mol. The third-order valence-electron chi connectivity index (χ3n) is 6.09. The molecule has 9 heteroatoms. The minimum absolute atomic E-state index is 0.210. The van der Waals surface area contributed by atoms with Crippen molar-refractivity contribution in [3.05, 3.63) is 106 Å². The molecule has 2 atom stereocenters. The summed E-state index contributed by atoms with van der Waals surface area (Å²) in [5.41, 5.74) is 0.325. The van der Waals surface area contributed by atoms with Gasteiger partial charge in [0.2, 0.25) is 5.91 Å². The van der Waals surface area contributed by atoms with Crippen LogP contribution < -0.4 is 0 Å². The molecule has 0 radical (unpaired) electrons. The van der Waals surface area contributed by atoms with Crippen molar-refractivity contribution in [1.29, 1.82) is 5.26 Å². The molecule has 0 spiro atoms. The Labute approximate surface area is 190 Å². The Morgan fingerprint density at radius 2 is 1.64 bits per heavy atom. The number of hydrogen-bond donors (Lipinski definition) is 0. The number of nitro groups is 1. The summed E-state index contributed by atoms with van der Waals surface area (Å²) in [6.07, 6.45) is 0.354. The molecule has 33 heavy (non-hydrogen) atoms. The Hall–Kier alpha value is -4.03. The van der Waals surface area contributed by atoms with Crippen molar-refractivity contribution >= 4 is 21.6 Å². The second-order valence-electron chi connectivity index (χ2n) is 7.68. The Bertz CT molecular complexity index is 1360. The smallest absolute Gasteiger partial charge is 0.269 e. The Morgan fingerprint density at radius 1 is 1.03 bits per heavy atom. The van der Waals surface area contributed by atoms with Crippen LogP contribution >= 0.6 is 0 Å². The van der Waals surface area contributed by atoms with Gasteiger partial charge in [-0.3, -0.25) is 14.9 Å². The van der Waals surface area contributed by atoms with Crippen LogP contribution in [0.4, 0.5) is 5.69 Å². The summed E-state index contributed by atoms with van der Waals surface area (Å²) in [6, 6.07) is 21.1. The fourth-order valence-electron chi connectivity index (χ4n) is 4.39. The van der Waals surface area contributed by atoms with Gasteiger partial charge in [-0.25, -0.2) is 12.7 Å². The Balaban J connectivity index is 1.87. The minimum Gasteiger partial charge on any atom is -0.273 e. The lowest BCUT2D eigenvalue weighted by molar-refractivity contribution is -0.384. The number of carbonyl (C=O) groups is 1. The molecule has 8 nitrogen and oxygen atoms in total. The molecule has 0 aromatic heterocycles. The molecule has 1 unspecified atom stereocenters. The molecular formula is C24H19N3O5S. The van der Waals surface area contributed by atoms with Gasteiger partial charge < -0.3 is 0 Å². The van der Waals surface area contributed by atoms with Crippen molar-refractivity contribution in [1.82, 2.24) is 4.31 Å². The largest absolute Gasteiger partial charge is 0.273 e. The van der Waals surface area contributed by atoms with Crippen LogP contribution in [0.5, 0.6) is 0 Å². The van der Waals surface area contributed by atoms with Gasteiger partial charge in [0.1, 0.15) is 5.41 Å². The Kier molecular flexibility index (Phi) is 5.47. The van der Waals surface area contributed by atoms with Gasteiger partial charge in [0.05, 0.1) is 27.5 Å². The van der Waals surface area contributed by atoms with Crippen LogP contribution in [0.25, 0.3) is 0 Å². The van der Waals surface area contributed by atoms with Crippen LogP contribution in [-0.4, -0.2) is 23.6 Å². The molecule has 0 aliphatic carbocycles. The maximum Gasteiger partial charge on any atom is 0.269 e. The lowest BCUT2D eigenvalue weighted by atomic mass is 9.63. The van der Waals surface area contributed by atoms with E-state index in [9.17, 15) is 23.3 Å². The number of β-lactam (4-membered cyclic amide) rings is 1. The van der Waals surface area contributed by atoms with Crippen molar-refractivity contribution in [2.75, 3.05) is 0 Å². The zero-order chi connectivity index (χ0) is 23.8. The van der Waals surface area contributed by atoms with Crippen LogP contribution in [-0.2, 0) is 20.2 Å². The zero-order valence-electron chi connectivity index (χ0n) is 17.6. The van der Waals surface area contributed by atoms with E-state index in [4.69, 9.17) is 5.26 Å². The molecule has 1 saturated heterocycles. The lowest BCUT2D eigenvalue weighted by Crippen LogP contribution is -2.67. The molecule has 0 N–H and O–H groups in total. The first-order valence-corrected chi connectivity index (χ1v) is 11.6. The van der Waals surface area contributed by atoms with Crippen molar-refractivity contribution in [3.8, 4) is 6.07 Å². The van der Waals surface area contributed by atoms with Crippen molar-refractivity contribution < 1.29 is 18.1 Å². The molecule has 1 fully saturated rings. The van der Waals surface area contributed by atoms with E-state index in [2.05, 4.69) is 0 Å². The summed E-state index contributed by atoms with van der Waals surface area (Å²) in [6.45, 7) is 1.83. The first kappa shape index (κ1) is 22.2. The van der Waals surface area contributed by atoms with Gasteiger partial charge >= 0.3 is 0 Å². The highest BCUT2D eigenvalue weighted by Crippen LogP contribution is 2.56. The highest BCUT2D eigenvalue weighted by Gasteiger charge is 2.65. The van der Waals surface area contributed by atoms with Crippen molar-refractivity contribution in [2.24, 2.45) is 0 Å². The van der Waals surface area contributed by atoms with Gasteiger partial charge in [-0.2, -0.15) is 5.26 Å². The van der Waals surface area contributed by atoms with Crippen LogP contribution in [0.2, 0.25) is 0 Å². The normalized spacial score (nSPS) is 20.1. The second kappa shape index (κ2) is 8.15. The third-order valence-corrected chi connectivity index (χ3v) is 7.85. The molecule has 3 aromatic rings. The van der Waals surface area contributed by atoms with E-state index in [0.29, 0.717) is 23.1 Å². The standard InChI is InChI=1S/C24H19N3O5S/c1-2-24(19-6-4-3-5-7-19)22(18-10-8-17(16-25)9-11-18)26(23(24)28)33(31,32)21-14-12-20(13-15-21)27(29)30/h3-15,22H,2H2,1H3/t22?,24-/m0/s1. The number of amides is 1. The predicted molar refractivity (Wildman–Crippen MR) is 119 cm³/mol. The lowest BCUT2D eigenvalue weighted by Gasteiger charge is -2.55. The van der Waals surface area contributed by atoms with Crippen LogP contribution in [0.15, 0.2) is 83.8 Å². The first-order chi connectivity index (χ1) is 15.8. The van der Waals surface area contributed by atoms with Crippen molar-refractivity contribution in [3.63, 3.8) is 0 Å². The average Bonchev–Trinajstić information content (AvgIpc) is 2.83. The number of nitrogens with zero attached hydrogens (tertiary/aromatic N) is 3. The summed E-state index contributed by atoms with van der Waals surface area (Å²) in [5.74, 6) is -0.566. The molecule has 0 bridgehead atoms. The van der Waals surface area contributed by atoms with Gasteiger partial charge in [0, 0.05) is 12.1 Å². The van der Waals surface area contributed by atoms with E-state index in [1.807, 2.05) is 19.1 Å². The number of nitro benzene ring substituents is 1. The van der Waals surface area contributed by atoms with E-state index < -0.39 is 32.3 Å². The summed E-state index contributed by atoms with van der Waals surface area (Å²) in [4.78, 5) is 23.7. The molecule has 166 valence electrons. The van der Waals surface area contributed by atoms with E-state index in [1.165, 1.54) is 0 Å². The van der Waals surface area contributed by atoms with Gasteiger partial charge in [-0.1, -0.05) is 49.4 Å². The summed E-state index contributed by atoms with van der Waals surface area (Å²) >= 11 is 0. The quantitative estimate of drug-likeness (QED) is 0.310. The molecule has 1 amide bonds. The van der Waals surface area contributed by atoms with Crippen LogP contribution in [0.1, 0.15) is 36.1 Å². The zero-order valence-corrected chi connectivity index (χ0v) is 18.4. The summed E-state index contributed by atoms with van der Waals surface area (Å²) in [5, 5.41) is 20.1. The number of hydrogen-bond acceptors (Lipinski definition) is 6. The molecular weight excluding hydrogens is 442 g/mol. The van der Waals surface area contributed by atoms with Gasteiger partial charge in [-0.15, -0.1) is 0 Å². The third kappa shape index (κ3) is 3.36. The van der Waals surface area contributed by atoms with Gasteiger partial charge in [0.15, 0.2) is 0 Å². The van der Waals surface area contributed by atoms with Crippen LogP contribution in [0.3, 0.4) is 0 Å². The number of benzene rings is 3. The fourth-order valence-corrected chi connectivity index (χ4v) is 6.06. The Morgan fingerprint density at radius 3 is 2.15 bits per heavy atom. The highest BCUT2D eigenvalue weighted by atomic mass is 32.2. The second-order valence-corrected chi connectivity index (χ2v) is 9.50. The van der Waals surface area contributed by atoms with E-state index >= 15 is 0 Å². The SMILES string of the molecule is CC[C@@]1(c2ccccc2)C(=O)N(S(=O)(=O)c2ccc([N+](=O)[O-])cc2)C1c1ccc(C#N)cc1. The molecule has 3 aromatic carbocycles.